The summed E-state index contributed by atoms with van der Waals surface area (Å²) in [6, 6.07) is 1.97. The lowest BCUT2D eigenvalue weighted by Gasteiger charge is -2.18. The molecule has 0 bridgehead atoms. The fourth-order valence-corrected chi connectivity index (χ4v) is 1.68. The van der Waals surface area contributed by atoms with Gasteiger partial charge in [0.15, 0.2) is 5.82 Å². The summed E-state index contributed by atoms with van der Waals surface area (Å²) >= 11 is 5.57. The van der Waals surface area contributed by atoms with Crippen LogP contribution in [0.25, 0.3) is 6.08 Å². The van der Waals surface area contributed by atoms with Crippen molar-refractivity contribution in [2.24, 2.45) is 0 Å². The third-order valence-electron chi connectivity index (χ3n) is 2.43. The maximum atomic E-state index is 14.0. The molecule has 0 atom stereocenters. The molecule has 0 saturated carbocycles. The molecule has 1 amide bonds. The van der Waals surface area contributed by atoms with E-state index in [2.05, 4.69) is 0 Å². The van der Waals surface area contributed by atoms with Gasteiger partial charge in [-0.1, -0.05) is 11.6 Å². The van der Waals surface area contributed by atoms with E-state index in [4.69, 9.17) is 16.3 Å². The number of anilines is 1. The van der Waals surface area contributed by atoms with E-state index in [1.165, 1.54) is 5.32 Å². The van der Waals surface area contributed by atoms with Crippen LogP contribution in [0.2, 0.25) is 5.02 Å². The summed E-state index contributed by atoms with van der Waals surface area (Å²) in [5.41, 5.74) is -1.77. The molecule has 1 aromatic carbocycles. The van der Waals surface area contributed by atoms with Gasteiger partial charge in [0.2, 0.25) is 0 Å². The molecule has 0 unspecified atom stereocenters. The molecule has 4 nitrogen and oxygen atoms in total. The Labute approximate surface area is 140 Å². The molecule has 0 aromatic heterocycles. The van der Waals surface area contributed by atoms with Gasteiger partial charge in [-0.05, 0) is 39.0 Å². The van der Waals surface area contributed by atoms with Gasteiger partial charge in [0, 0.05) is 11.6 Å². The lowest BCUT2D eigenvalue weighted by molar-refractivity contribution is -0.167. The molecule has 24 heavy (non-hydrogen) atoms. The molecule has 9 heteroatoms. The Morgan fingerprint density at radius 2 is 1.79 bits per heavy atom. The summed E-state index contributed by atoms with van der Waals surface area (Å²) < 4.78 is 56.0. The van der Waals surface area contributed by atoms with Crippen LogP contribution in [-0.4, -0.2) is 23.7 Å². The first-order valence-corrected chi connectivity index (χ1v) is 6.96. The van der Waals surface area contributed by atoms with E-state index in [1.54, 1.807) is 20.8 Å². The summed E-state index contributed by atoms with van der Waals surface area (Å²) in [7, 11) is 0. The second-order valence-corrected chi connectivity index (χ2v) is 6.05. The lowest BCUT2D eigenvalue weighted by Crippen LogP contribution is -2.30. The van der Waals surface area contributed by atoms with Crippen molar-refractivity contribution >= 4 is 35.2 Å². The number of halogens is 5. The normalized spacial score (nSPS) is 12.3. The number of esters is 1. The topological polar surface area (TPSA) is 55.4 Å². The summed E-state index contributed by atoms with van der Waals surface area (Å²) in [6.07, 6.45) is -3.45. The number of hydrogen-bond acceptors (Lipinski definition) is 3. The van der Waals surface area contributed by atoms with Gasteiger partial charge in [0.1, 0.15) is 5.60 Å². The van der Waals surface area contributed by atoms with Crippen LogP contribution in [-0.2, 0) is 14.3 Å². The number of benzene rings is 1. The van der Waals surface area contributed by atoms with Crippen LogP contribution in [0, 0.1) is 5.82 Å². The molecular weight excluding hydrogens is 354 g/mol. The van der Waals surface area contributed by atoms with Crippen molar-refractivity contribution in [3.63, 3.8) is 0 Å². The zero-order valence-corrected chi connectivity index (χ0v) is 13.7. The lowest BCUT2D eigenvalue weighted by atomic mass is 10.1. The number of alkyl halides is 3. The van der Waals surface area contributed by atoms with E-state index >= 15 is 0 Å². The number of hydrogen-bond donors (Lipinski definition) is 1. The van der Waals surface area contributed by atoms with Gasteiger partial charge >= 0.3 is 18.1 Å². The Bertz CT molecular complexity index is 679. The number of carbonyl (C=O) groups is 2. The summed E-state index contributed by atoms with van der Waals surface area (Å²) in [5, 5.41) is 1.14. The third-order valence-corrected chi connectivity index (χ3v) is 2.72. The van der Waals surface area contributed by atoms with E-state index in [1.807, 2.05) is 0 Å². The van der Waals surface area contributed by atoms with Crippen LogP contribution in [0.3, 0.4) is 0 Å². The largest absolute Gasteiger partial charge is 0.471 e. The zero-order chi connectivity index (χ0) is 18.7. The highest BCUT2D eigenvalue weighted by atomic mass is 35.5. The molecule has 1 aromatic rings. The third kappa shape index (κ3) is 5.84. The van der Waals surface area contributed by atoms with E-state index in [9.17, 15) is 27.2 Å². The van der Waals surface area contributed by atoms with Crippen LogP contribution in [0.4, 0.5) is 23.2 Å². The summed E-state index contributed by atoms with van der Waals surface area (Å²) in [5.74, 6) is -4.21. The maximum Gasteiger partial charge on any atom is 0.471 e. The molecule has 0 saturated heterocycles. The molecule has 0 aliphatic rings. The van der Waals surface area contributed by atoms with Crippen LogP contribution < -0.4 is 5.32 Å². The molecule has 1 rings (SSSR count). The predicted octanol–water partition coefficient (Wildman–Crippen LogP) is 4.33. The minimum atomic E-state index is -5.15. The number of carbonyl (C=O) groups excluding carboxylic acids is 2. The quantitative estimate of drug-likeness (QED) is 0.491. The predicted molar refractivity (Wildman–Crippen MR) is 81.0 cm³/mol. The van der Waals surface area contributed by atoms with Gasteiger partial charge in [-0.2, -0.15) is 13.2 Å². The number of amides is 1. The Morgan fingerprint density at radius 3 is 2.29 bits per heavy atom. The Hall–Kier alpha value is -2.09. The van der Waals surface area contributed by atoms with Crippen molar-refractivity contribution in [2.45, 2.75) is 32.5 Å². The fourth-order valence-electron chi connectivity index (χ4n) is 1.52. The molecule has 0 aliphatic carbocycles. The Kier molecular flexibility index (Phi) is 5.99. The van der Waals surface area contributed by atoms with Crippen molar-refractivity contribution in [1.29, 1.82) is 0 Å². The van der Waals surface area contributed by atoms with Crippen molar-refractivity contribution in [3.05, 3.63) is 34.6 Å². The van der Waals surface area contributed by atoms with Crippen LogP contribution in [0.15, 0.2) is 18.2 Å². The highest BCUT2D eigenvalue weighted by Crippen LogP contribution is 2.28. The fraction of sp³-hybridized carbons (Fsp3) is 0.333. The average molecular weight is 368 g/mol. The van der Waals surface area contributed by atoms with Crippen molar-refractivity contribution in [1.82, 2.24) is 0 Å². The second kappa shape index (κ2) is 7.21. The van der Waals surface area contributed by atoms with Gasteiger partial charge in [-0.25, -0.2) is 9.18 Å². The molecule has 132 valence electrons. The monoisotopic (exact) mass is 367 g/mol. The van der Waals surface area contributed by atoms with Gasteiger partial charge in [0.25, 0.3) is 0 Å². The van der Waals surface area contributed by atoms with Gasteiger partial charge < -0.3 is 10.1 Å². The first kappa shape index (κ1) is 20.0. The maximum absolute atomic E-state index is 14.0. The smallest absolute Gasteiger partial charge is 0.457 e. The number of nitrogens with one attached hydrogen (secondary N) is 1. The summed E-state index contributed by atoms with van der Waals surface area (Å²) in [4.78, 5) is 22.6. The minimum Gasteiger partial charge on any atom is -0.457 e. The van der Waals surface area contributed by atoms with Crippen molar-refractivity contribution in [3.8, 4) is 0 Å². The van der Waals surface area contributed by atoms with E-state index in [0.29, 0.717) is 0 Å². The molecule has 0 heterocycles. The molecule has 0 aliphatic heterocycles. The van der Waals surface area contributed by atoms with E-state index in [-0.39, 0.29) is 5.02 Å². The van der Waals surface area contributed by atoms with Crippen LogP contribution in [0.1, 0.15) is 26.3 Å². The van der Waals surface area contributed by atoms with Crippen LogP contribution >= 0.6 is 11.6 Å². The Balaban J connectivity index is 3.15. The summed E-state index contributed by atoms with van der Waals surface area (Å²) in [6.45, 7) is 4.81. The average Bonchev–Trinajstić information content (AvgIpc) is 2.39. The number of ether oxygens (including phenoxy) is 1. The van der Waals surface area contributed by atoms with Gasteiger partial charge in [-0.15, -0.1) is 0 Å². The molecular formula is C15H14ClF4NO3. The highest BCUT2D eigenvalue weighted by Gasteiger charge is 2.39. The van der Waals surface area contributed by atoms with E-state index < -0.39 is 40.7 Å². The van der Waals surface area contributed by atoms with Crippen molar-refractivity contribution in [2.75, 3.05) is 5.32 Å². The Morgan fingerprint density at radius 1 is 1.21 bits per heavy atom. The SMILES string of the molecule is CC(C)(C)OC(=O)C=Cc1c(NC(=O)C(F)(F)F)ccc(Cl)c1F. The molecule has 1 N–H and O–H groups in total. The molecule has 0 spiro atoms. The second-order valence-electron chi connectivity index (χ2n) is 5.64. The first-order valence-electron chi connectivity index (χ1n) is 6.58. The highest BCUT2D eigenvalue weighted by molar-refractivity contribution is 6.31. The van der Waals surface area contributed by atoms with Gasteiger partial charge in [-0.3, -0.25) is 4.79 Å². The zero-order valence-electron chi connectivity index (χ0n) is 12.9. The standard InChI is InChI=1S/C15H14ClF4NO3/c1-14(2,3)24-11(22)7-4-8-10(6-5-9(16)12(8)17)21-13(23)15(18,19)20/h4-7H,1-3H3,(H,21,23). The number of rotatable bonds is 3. The minimum absolute atomic E-state index is 0.385. The van der Waals surface area contributed by atoms with Crippen molar-refractivity contribution < 1.29 is 31.9 Å². The van der Waals surface area contributed by atoms with Gasteiger partial charge in [0.05, 0.1) is 10.7 Å². The van der Waals surface area contributed by atoms with Crippen LogP contribution in [0.5, 0.6) is 0 Å². The molecule has 0 radical (unpaired) electrons. The molecule has 0 fully saturated rings. The van der Waals surface area contributed by atoms with E-state index in [0.717, 1.165) is 24.3 Å². The first-order chi connectivity index (χ1) is 10.8.